The molecule has 0 radical (unpaired) electrons. The van der Waals surface area contributed by atoms with Crippen molar-refractivity contribution in [3.63, 3.8) is 0 Å². The van der Waals surface area contributed by atoms with E-state index in [0.717, 1.165) is 87.5 Å². The molecule has 0 atom stereocenters. The number of ether oxygens (including phenoxy) is 1. The molecule has 0 N–H and O–H groups in total. The standard InChI is InChI=1S/C40H29NO4S/c1-22-9-14-28(15-10-22)46(42,43)41-33-17-11-26-21-27(44-4)13-16-30(26)35(33)37-38-36-29-8-6-5-7-25(29)12-18-34(36)45-40(38)32-20-24(3)23(2)19-31(32)39(37)41/h5-21H,1-4H3. The Hall–Kier alpha value is -5.33. The summed E-state index contributed by atoms with van der Waals surface area (Å²) in [5, 5.41) is 9.42. The molecule has 5 nitrogen and oxygen atoms in total. The first-order valence-electron chi connectivity index (χ1n) is 15.3. The summed E-state index contributed by atoms with van der Waals surface area (Å²) in [6.45, 7) is 6.11. The van der Waals surface area contributed by atoms with Crippen molar-refractivity contribution in [1.29, 1.82) is 0 Å². The fourth-order valence-electron chi connectivity index (χ4n) is 7.25. The second-order valence-electron chi connectivity index (χ2n) is 12.3. The van der Waals surface area contributed by atoms with Crippen molar-refractivity contribution in [2.75, 3.05) is 7.11 Å². The molecule has 0 aliphatic rings. The summed E-state index contributed by atoms with van der Waals surface area (Å²) in [4.78, 5) is 0.242. The highest BCUT2D eigenvalue weighted by atomic mass is 32.2. The van der Waals surface area contributed by atoms with Gasteiger partial charge in [0.15, 0.2) is 0 Å². The molecule has 7 aromatic carbocycles. The Kier molecular flexibility index (Phi) is 5.49. The van der Waals surface area contributed by atoms with Crippen molar-refractivity contribution in [2.45, 2.75) is 25.7 Å². The molecule has 0 saturated carbocycles. The van der Waals surface area contributed by atoms with Gasteiger partial charge in [0.1, 0.15) is 16.9 Å². The number of hydrogen-bond acceptors (Lipinski definition) is 4. The molecule has 46 heavy (non-hydrogen) atoms. The van der Waals surface area contributed by atoms with E-state index in [1.54, 1.807) is 23.2 Å². The van der Waals surface area contributed by atoms with Gasteiger partial charge in [0, 0.05) is 32.3 Å². The second-order valence-corrected chi connectivity index (χ2v) is 14.1. The summed E-state index contributed by atoms with van der Waals surface area (Å²) < 4.78 is 43.8. The minimum atomic E-state index is -4.05. The zero-order chi connectivity index (χ0) is 31.5. The lowest BCUT2D eigenvalue weighted by molar-refractivity contribution is 0.415. The number of furan rings is 1. The fourth-order valence-corrected chi connectivity index (χ4v) is 8.78. The molecule has 0 aliphatic heterocycles. The van der Waals surface area contributed by atoms with Gasteiger partial charge in [0.25, 0.3) is 10.0 Å². The molecule has 0 saturated heterocycles. The number of nitrogens with zero attached hydrogens (tertiary/aromatic N) is 1. The van der Waals surface area contributed by atoms with Crippen LogP contribution in [0.5, 0.6) is 5.75 Å². The third-order valence-corrected chi connectivity index (χ3v) is 11.4. The Bertz CT molecular complexity index is 2880. The predicted octanol–water partition coefficient (Wildman–Crippen LogP) is 10.3. The van der Waals surface area contributed by atoms with Gasteiger partial charge in [-0.1, -0.05) is 54.1 Å². The van der Waals surface area contributed by atoms with E-state index in [1.165, 1.54) is 0 Å². The zero-order valence-corrected chi connectivity index (χ0v) is 26.6. The van der Waals surface area contributed by atoms with Gasteiger partial charge in [-0.25, -0.2) is 12.4 Å². The van der Waals surface area contributed by atoms with Crippen molar-refractivity contribution < 1.29 is 17.6 Å². The Balaban J connectivity index is 1.66. The molecule has 0 bridgehead atoms. The number of hydrogen-bond donors (Lipinski definition) is 0. The molecule has 0 aliphatic carbocycles. The molecule has 0 amide bonds. The quantitative estimate of drug-likeness (QED) is 0.197. The highest BCUT2D eigenvalue weighted by Crippen LogP contribution is 2.49. The van der Waals surface area contributed by atoms with Crippen LogP contribution in [-0.4, -0.2) is 19.5 Å². The van der Waals surface area contributed by atoms with E-state index in [4.69, 9.17) is 9.15 Å². The van der Waals surface area contributed by atoms with E-state index in [1.807, 2.05) is 67.6 Å². The summed E-state index contributed by atoms with van der Waals surface area (Å²) >= 11 is 0. The van der Waals surface area contributed by atoms with Crippen LogP contribution in [0.3, 0.4) is 0 Å². The average Bonchev–Trinajstić information content (AvgIpc) is 3.63. The molecule has 224 valence electrons. The van der Waals surface area contributed by atoms with Crippen LogP contribution in [0.4, 0.5) is 0 Å². The van der Waals surface area contributed by atoms with Crippen molar-refractivity contribution in [2.24, 2.45) is 0 Å². The molecule has 9 rings (SSSR count). The number of aromatic nitrogens is 1. The van der Waals surface area contributed by atoms with Gasteiger partial charge in [0.05, 0.1) is 23.0 Å². The van der Waals surface area contributed by atoms with Gasteiger partial charge in [-0.15, -0.1) is 0 Å². The summed E-state index contributed by atoms with van der Waals surface area (Å²) in [6, 6.07) is 33.7. The van der Waals surface area contributed by atoms with Crippen LogP contribution in [-0.2, 0) is 10.0 Å². The van der Waals surface area contributed by atoms with E-state index in [9.17, 15) is 8.42 Å². The molecular weight excluding hydrogens is 591 g/mol. The number of benzene rings is 7. The van der Waals surface area contributed by atoms with Crippen LogP contribution in [0, 0.1) is 20.8 Å². The first kappa shape index (κ1) is 27.0. The van der Waals surface area contributed by atoms with Crippen LogP contribution in [0.25, 0.3) is 76.1 Å². The van der Waals surface area contributed by atoms with Gasteiger partial charge in [-0.05, 0) is 108 Å². The van der Waals surface area contributed by atoms with Crippen LogP contribution in [0.1, 0.15) is 16.7 Å². The van der Waals surface area contributed by atoms with Crippen LogP contribution in [0.2, 0.25) is 0 Å². The van der Waals surface area contributed by atoms with Crippen LogP contribution >= 0.6 is 0 Å². The zero-order valence-electron chi connectivity index (χ0n) is 25.8. The highest BCUT2D eigenvalue weighted by Gasteiger charge is 2.30. The SMILES string of the molecule is COc1ccc2c(ccc3c2c2c4c(oc5ccc6ccccc6c54)c4cc(C)c(C)cc4c2n3S(=O)(=O)c2ccc(C)cc2)c1. The smallest absolute Gasteiger partial charge is 0.268 e. The summed E-state index contributed by atoms with van der Waals surface area (Å²) in [5.41, 5.74) is 5.99. The molecule has 6 heteroatoms. The van der Waals surface area contributed by atoms with E-state index in [0.29, 0.717) is 11.0 Å². The number of rotatable bonds is 3. The Morgan fingerprint density at radius 1 is 0.630 bits per heavy atom. The number of methoxy groups -OCH3 is 1. The van der Waals surface area contributed by atoms with Gasteiger partial charge >= 0.3 is 0 Å². The van der Waals surface area contributed by atoms with Crippen molar-refractivity contribution in [1.82, 2.24) is 3.97 Å². The van der Waals surface area contributed by atoms with Crippen molar-refractivity contribution >= 4 is 86.1 Å². The molecule has 2 aromatic heterocycles. The van der Waals surface area contributed by atoms with Gasteiger partial charge < -0.3 is 9.15 Å². The summed E-state index contributed by atoms with van der Waals surface area (Å²) in [5.74, 6) is 0.740. The second kappa shape index (κ2) is 9.35. The number of aryl methyl sites for hydroxylation is 3. The first-order chi connectivity index (χ1) is 22.3. The van der Waals surface area contributed by atoms with E-state index in [-0.39, 0.29) is 4.90 Å². The Morgan fingerprint density at radius 2 is 1.35 bits per heavy atom. The third kappa shape index (κ3) is 3.53. The van der Waals surface area contributed by atoms with Gasteiger partial charge in [-0.3, -0.25) is 0 Å². The highest BCUT2D eigenvalue weighted by molar-refractivity contribution is 7.90. The van der Waals surface area contributed by atoms with E-state index < -0.39 is 10.0 Å². The minimum absolute atomic E-state index is 0.242. The lowest BCUT2D eigenvalue weighted by atomic mass is 9.94. The molecule has 0 unspecified atom stereocenters. The molecular formula is C40H29NO4S. The van der Waals surface area contributed by atoms with Crippen LogP contribution in [0.15, 0.2) is 112 Å². The van der Waals surface area contributed by atoms with E-state index >= 15 is 0 Å². The third-order valence-electron chi connectivity index (χ3n) is 9.64. The maximum atomic E-state index is 14.9. The molecule has 0 fully saturated rings. The molecule has 0 spiro atoms. The summed E-state index contributed by atoms with van der Waals surface area (Å²) in [7, 11) is -2.39. The molecule has 9 aromatic rings. The average molecular weight is 620 g/mol. The lowest BCUT2D eigenvalue weighted by Gasteiger charge is -2.13. The minimum Gasteiger partial charge on any atom is -0.497 e. The number of fused-ring (bicyclic) bond motifs is 14. The maximum Gasteiger partial charge on any atom is 0.268 e. The normalized spacial score (nSPS) is 12.5. The maximum absolute atomic E-state index is 14.9. The molecule has 2 heterocycles. The fraction of sp³-hybridized carbons (Fsp3) is 0.100. The van der Waals surface area contributed by atoms with Crippen molar-refractivity contribution in [3.05, 3.63) is 120 Å². The topological polar surface area (TPSA) is 61.4 Å². The monoisotopic (exact) mass is 619 g/mol. The first-order valence-corrected chi connectivity index (χ1v) is 16.7. The summed E-state index contributed by atoms with van der Waals surface area (Å²) in [6.07, 6.45) is 0. The largest absolute Gasteiger partial charge is 0.497 e. The van der Waals surface area contributed by atoms with Gasteiger partial charge in [-0.2, -0.15) is 0 Å². The van der Waals surface area contributed by atoms with Gasteiger partial charge in [0.2, 0.25) is 0 Å². The Morgan fingerprint density at radius 3 is 2.13 bits per heavy atom. The lowest BCUT2D eigenvalue weighted by Crippen LogP contribution is -2.13. The van der Waals surface area contributed by atoms with E-state index in [2.05, 4.69) is 44.2 Å². The van der Waals surface area contributed by atoms with Crippen molar-refractivity contribution in [3.8, 4) is 5.75 Å². The predicted molar refractivity (Wildman–Crippen MR) is 189 cm³/mol. The van der Waals surface area contributed by atoms with Crippen LogP contribution < -0.4 is 4.74 Å². The Labute approximate surface area is 265 Å².